The first kappa shape index (κ1) is 11.9. The van der Waals surface area contributed by atoms with Crippen LogP contribution in [0.15, 0.2) is 6.20 Å². The maximum atomic E-state index is 11.2. The molecule has 3 nitrogen and oxygen atoms in total. The molecule has 1 fully saturated rings. The highest BCUT2D eigenvalue weighted by atomic mass is 32.2. The summed E-state index contributed by atoms with van der Waals surface area (Å²) in [5.41, 5.74) is 0. The summed E-state index contributed by atoms with van der Waals surface area (Å²) in [4.78, 5) is 16.1. The van der Waals surface area contributed by atoms with Crippen molar-refractivity contribution in [1.82, 2.24) is 4.98 Å². The molecule has 0 N–H and O–H groups in total. The van der Waals surface area contributed by atoms with E-state index in [1.165, 1.54) is 44.1 Å². The van der Waals surface area contributed by atoms with Crippen molar-refractivity contribution in [2.75, 3.05) is 7.11 Å². The zero-order chi connectivity index (χ0) is 11.4. The Bertz CT molecular complexity index is 359. The van der Waals surface area contributed by atoms with E-state index in [-0.39, 0.29) is 5.97 Å². The molecule has 0 amide bonds. The predicted molar refractivity (Wildman–Crippen MR) is 67.0 cm³/mol. The van der Waals surface area contributed by atoms with Crippen molar-refractivity contribution < 1.29 is 9.53 Å². The van der Waals surface area contributed by atoms with E-state index in [2.05, 4.69) is 9.72 Å². The monoisotopic (exact) mass is 257 g/mol. The predicted octanol–water partition coefficient (Wildman–Crippen LogP) is 3.11. The van der Waals surface area contributed by atoms with Crippen LogP contribution in [-0.2, 0) is 10.5 Å². The minimum absolute atomic E-state index is 0.283. The second kappa shape index (κ2) is 5.68. The first-order valence-electron chi connectivity index (χ1n) is 5.44. The van der Waals surface area contributed by atoms with Crippen molar-refractivity contribution in [3.63, 3.8) is 0 Å². The number of thioether (sulfide) groups is 1. The van der Waals surface area contributed by atoms with E-state index in [9.17, 15) is 4.79 Å². The number of thiazole rings is 1. The molecule has 1 saturated carbocycles. The lowest BCUT2D eigenvalue weighted by molar-refractivity contribution is 0.0606. The average molecular weight is 257 g/mol. The molecule has 0 spiro atoms. The molecule has 0 unspecified atom stereocenters. The standard InChI is InChI=1S/C11H15NO2S2/c1-14-11(13)9-6-12-10(16-9)7-15-8-4-2-3-5-8/h6,8H,2-5,7H2,1H3. The highest BCUT2D eigenvalue weighted by Gasteiger charge is 2.16. The zero-order valence-electron chi connectivity index (χ0n) is 9.27. The summed E-state index contributed by atoms with van der Waals surface area (Å²) < 4.78 is 4.65. The van der Waals surface area contributed by atoms with Gasteiger partial charge in [0.05, 0.1) is 13.3 Å². The van der Waals surface area contributed by atoms with Crippen LogP contribution in [0.1, 0.15) is 40.4 Å². The number of rotatable bonds is 4. The molecule has 0 bridgehead atoms. The minimum atomic E-state index is -0.283. The van der Waals surface area contributed by atoms with Crippen LogP contribution in [0.3, 0.4) is 0 Å². The van der Waals surface area contributed by atoms with Gasteiger partial charge in [0.1, 0.15) is 9.88 Å². The Morgan fingerprint density at radius 2 is 2.38 bits per heavy atom. The minimum Gasteiger partial charge on any atom is -0.465 e. The van der Waals surface area contributed by atoms with Gasteiger partial charge in [-0.1, -0.05) is 12.8 Å². The SMILES string of the molecule is COC(=O)c1cnc(CSC2CCCC2)s1. The van der Waals surface area contributed by atoms with E-state index in [4.69, 9.17) is 0 Å². The van der Waals surface area contributed by atoms with Crippen molar-refractivity contribution in [3.8, 4) is 0 Å². The maximum absolute atomic E-state index is 11.2. The summed E-state index contributed by atoms with van der Waals surface area (Å²) in [5.74, 6) is 0.640. The zero-order valence-corrected chi connectivity index (χ0v) is 10.9. The van der Waals surface area contributed by atoms with Gasteiger partial charge in [0.25, 0.3) is 0 Å². The van der Waals surface area contributed by atoms with Gasteiger partial charge in [0.2, 0.25) is 0 Å². The van der Waals surface area contributed by atoms with Gasteiger partial charge in [-0.3, -0.25) is 0 Å². The molecular weight excluding hydrogens is 242 g/mol. The number of ether oxygens (including phenoxy) is 1. The van der Waals surface area contributed by atoms with Crippen molar-refractivity contribution >= 4 is 29.1 Å². The molecule has 0 radical (unpaired) electrons. The molecule has 0 atom stereocenters. The van der Waals surface area contributed by atoms with E-state index in [1.807, 2.05) is 11.8 Å². The van der Waals surface area contributed by atoms with Crippen LogP contribution in [0.4, 0.5) is 0 Å². The third kappa shape index (κ3) is 2.98. The normalized spacial score (nSPS) is 16.6. The number of hydrogen-bond donors (Lipinski definition) is 0. The maximum Gasteiger partial charge on any atom is 0.349 e. The van der Waals surface area contributed by atoms with Gasteiger partial charge in [0.15, 0.2) is 0 Å². The Morgan fingerprint density at radius 1 is 1.62 bits per heavy atom. The fraction of sp³-hybridized carbons (Fsp3) is 0.636. The molecule has 2 rings (SSSR count). The quantitative estimate of drug-likeness (QED) is 0.777. The van der Waals surface area contributed by atoms with Crippen LogP contribution in [0.2, 0.25) is 0 Å². The lowest BCUT2D eigenvalue weighted by atomic mass is 10.4. The second-order valence-corrected chi connectivity index (χ2v) is 6.23. The topological polar surface area (TPSA) is 39.2 Å². The van der Waals surface area contributed by atoms with Crippen LogP contribution in [0.25, 0.3) is 0 Å². The van der Waals surface area contributed by atoms with E-state index in [0.717, 1.165) is 16.0 Å². The van der Waals surface area contributed by atoms with E-state index >= 15 is 0 Å². The molecule has 1 aromatic heterocycles. The number of carbonyl (C=O) groups is 1. The average Bonchev–Trinajstić information content (AvgIpc) is 2.96. The summed E-state index contributed by atoms with van der Waals surface area (Å²) in [7, 11) is 1.40. The molecule has 1 aliphatic rings. The summed E-state index contributed by atoms with van der Waals surface area (Å²) >= 11 is 3.41. The van der Waals surface area contributed by atoms with E-state index in [0.29, 0.717) is 4.88 Å². The van der Waals surface area contributed by atoms with Crippen LogP contribution in [0, 0.1) is 0 Å². The first-order valence-corrected chi connectivity index (χ1v) is 7.30. The molecule has 1 heterocycles. The molecule has 5 heteroatoms. The molecule has 16 heavy (non-hydrogen) atoms. The molecule has 1 aliphatic carbocycles. The molecule has 0 aromatic carbocycles. The first-order chi connectivity index (χ1) is 7.79. The molecule has 88 valence electrons. The van der Waals surface area contributed by atoms with Crippen molar-refractivity contribution in [2.45, 2.75) is 36.7 Å². The lowest BCUT2D eigenvalue weighted by Gasteiger charge is -2.05. The molecule has 0 saturated heterocycles. The summed E-state index contributed by atoms with van der Waals surface area (Å²) in [6.07, 6.45) is 7.01. The van der Waals surface area contributed by atoms with Crippen LogP contribution >= 0.6 is 23.1 Å². The lowest BCUT2D eigenvalue weighted by Crippen LogP contribution is -1.96. The van der Waals surface area contributed by atoms with Gasteiger partial charge < -0.3 is 4.74 Å². The Labute approximate surface area is 104 Å². The van der Waals surface area contributed by atoms with E-state index < -0.39 is 0 Å². The number of hydrogen-bond acceptors (Lipinski definition) is 5. The molecule has 0 aliphatic heterocycles. The number of aromatic nitrogens is 1. The van der Waals surface area contributed by atoms with Gasteiger partial charge >= 0.3 is 5.97 Å². The van der Waals surface area contributed by atoms with Crippen LogP contribution in [-0.4, -0.2) is 23.3 Å². The highest BCUT2D eigenvalue weighted by molar-refractivity contribution is 7.99. The number of carbonyl (C=O) groups excluding carboxylic acids is 1. The van der Waals surface area contributed by atoms with Crippen molar-refractivity contribution in [2.24, 2.45) is 0 Å². The number of nitrogens with zero attached hydrogens (tertiary/aromatic N) is 1. The number of esters is 1. The summed E-state index contributed by atoms with van der Waals surface area (Å²) in [6.45, 7) is 0. The second-order valence-electron chi connectivity index (χ2n) is 3.83. The molecular formula is C11H15NO2S2. The van der Waals surface area contributed by atoms with Gasteiger partial charge in [-0.05, 0) is 12.8 Å². The fourth-order valence-corrected chi connectivity index (χ4v) is 4.01. The highest BCUT2D eigenvalue weighted by Crippen LogP contribution is 2.32. The van der Waals surface area contributed by atoms with Crippen LogP contribution < -0.4 is 0 Å². The third-order valence-electron chi connectivity index (χ3n) is 2.68. The fourth-order valence-electron chi connectivity index (χ4n) is 1.82. The largest absolute Gasteiger partial charge is 0.465 e. The smallest absolute Gasteiger partial charge is 0.349 e. The van der Waals surface area contributed by atoms with Crippen LogP contribution in [0.5, 0.6) is 0 Å². The van der Waals surface area contributed by atoms with Gasteiger partial charge in [-0.25, -0.2) is 9.78 Å². The van der Waals surface area contributed by atoms with Crippen molar-refractivity contribution in [3.05, 3.63) is 16.1 Å². The number of methoxy groups -OCH3 is 1. The van der Waals surface area contributed by atoms with Gasteiger partial charge in [-0.2, -0.15) is 11.8 Å². The van der Waals surface area contributed by atoms with Crippen molar-refractivity contribution in [1.29, 1.82) is 0 Å². The third-order valence-corrected chi connectivity index (χ3v) is 5.23. The van der Waals surface area contributed by atoms with E-state index in [1.54, 1.807) is 6.20 Å². The Balaban J connectivity index is 1.85. The molecule has 1 aromatic rings. The summed E-state index contributed by atoms with van der Waals surface area (Å²) in [6, 6.07) is 0. The Morgan fingerprint density at radius 3 is 3.06 bits per heavy atom. The van der Waals surface area contributed by atoms with Gasteiger partial charge in [-0.15, -0.1) is 11.3 Å². The summed E-state index contributed by atoms with van der Waals surface area (Å²) in [5, 5.41) is 1.82. The van der Waals surface area contributed by atoms with Gasteiger partial charge in [0, 0.05) is 11.0 Å². The Kier molecular flexibility index (Phi) is 4.23. The Hall–Kier alpha value is -0.550.